The second-order valence-corrected chi connectivity index (χ2v) is 7.62. The Kier molecular flexibility index (Phi) is 5.26. The first kappa shape index (κ1) is 19.5. The molecule has 1 aliphatic rings. The first-order chi connectivity index (χ1) is 15.2. The third kappa shape index (κ3) is 4.09. The average molecular weight is 436 g/mol. The van der Waals surface area contributed by atoms with Crippen molar-refractivity contribution in [2.24, 2.45) is 0 Å². The van der Waals surface area contributed by atoms with Crippen molar-refractivity contribution in [2.45, 2.75) is 13.2 Å². The number of ether oxygens (including phenoxy) is 3. The summed E-state index contributed by atoms with van der Waals surface area (Å²) in [7, 11) is 0. The fraction of sp³-hybridized carbons (Fsp3) is 0.120. The van der Waals surface area contributed by atoms with Gasteiger partial charge >= 0.3 is 0 Å². The monoisotopic (exact) mass is 435 g/mol. The lowest BCUT2D eigenvalue weighted by atomic mass is 10.0. The first-order valence-corrected chi connectivity index (χ1v) is 10.3. The van der Waals surface area contributed by atoms with Crippen LogP contribution in [0.4, 0.5) is 10.1 Å². The van der Waals surface area contributed by atoms with Crippen molar-refractivity contribution in [2.75, 3.05) is 12.1 Å². The Morgan fingerprint density at radius 1 is 0.935 bits per heavy atom. The molecule has 0 saturated carbocycles. The third-order valence-corrected chi connectivity index (χ3v) is 5.59. The lowest BCUT2D eigenvalue weighted by molar-refractivity contribution is 0.174. The molecular weight excluding hydrogens is 417 g/mol. The van der Waals surface area contributed by atoms with Gasteiger partial charge in [-0.2, -0.15) is 0 Å². The van der Waals surface area contributed by atoms with Crippen LogP contribution in [-0.2, 0) is 13.2 Å². The number of nitrogens with one attached hydrogen (secondary N) is 1. The molecule has 0 fully saturated rings. The van der Waals surface area contributed by atoms with Gasteiger partial charge in [0, 0.05) is 29.4 Å². The highest BCUT2D eigenvalue weighted by atomic mass is 35.5. The van der Waals surface area contributed by atoms with Crippen molar-refractivity contribution in [3.63, 3.8) is 0 Å². The topological polar surface area (TPSA) is 39.7 Å². The second-order valence-electron chi connectivity index (χ2n) is 7.21. The predicted molar refractivity (Wildman–Crippen MR) is 120 cm³/mol. The Morgan fingerprint density at radius 3 is 2.71 bits per heavy atom. The fourth-order valence-electron chi connectivity index (χ4n) is 3.62. The largest absolute Gasteiger partial charge is 0.488 e. The van der Waals surface area contributed by atoms with Crippen molar-refractivity contribution >= 4 is 28.1 Å². The van der Waals surface area contributed by atoms with Crippen molar-refractivity contribution in [3.05, 3.63) is 94.8 Å². The molecule has 4 aromatic carbocycles. The van der Waals surface area contributed by atoms with Gasteiger partial charge in [0.05, 0.1) is 5.02 Å². The predicted octanol–water partition coefficient (Wildman–Crippen LogP) is 6.55. The van der Waals surface area contributed by atoms with E-state index >= 15 is 0 Å². The molecule has 0 spiro atoms. The molecule has 0 aliphatic carbocycles. The van der Waals surface area contributed by atoms with Crippen LogP contribution in [0.25, 0.3) is 10.8 Å². The number of hydrogen-bond acceptors (Lipinski definition) is 4. The molecule has 0 unspecified atom stereocenters. The number of benzene rings is 4. The number of halogens is 2. The quantitative estimate of drug-likeness (QED) is 0.372. The van der Waals surface area contributed by atoms with Crippen LogP contribution in [0.2, 0.25) is 5.02 Å². The van der Waals surface area contributed by atoms with E-state index in [0.717, 1.165) is 44.8 Å². The highest BCUT2D eigenvalue weighted by Gasteiger charge is 2.14. The molecule has 0 bridgehead atoms. The summed E-state index contributed by atoms with van der Waals surface area (Å²) in [5, 5.41) is 6.02. The standard InChI is InChI=1S/C25H19ClFNO3/c26-22-11-18(27)7-5-17(22)14-29-23-9-6-16-3-1-2-4-20(16)21(23)13-28-19-8-10-24-25(12-19)31-15-30-24/h1-12,28H,13-15H2. The van der Waals surface area contributed by atoms with Crippen LogP contribution in [0.5, 0.6) is 17.2 Å². The first-order valence-electron chi connectivity index (χ1n) is 9.88. The minimum atomic E-state index is -0.368. The molecule has 0 radical (unpaired) electrons. The van der Waals surface area contributed by atoms with Gasteiger partial charge in [-0.1, -0.05) is 48.0 Å². The molecule has 5 rings (SSSR count). The average Bonchev–Trinajstić information content (AvgIpc) is 3.25. The van der Waals surface area contributed by atoms with Crippen molar-refractivity contribution in [1.82, 2.24) is 0 Å². The molecule has 0 saturated heterocycles. The zero-order chi connectivity index (χ0) is 21.2. The molecule has 31 heavy (non-hydrogen) atoms. The van der Waals surface area contributed by atoms with Gasteiger partial charge in [0.2, 0.25) is 6.79 Å². The van der Waals surface area contributed by atoms with Gasteiger partial charge in [-0.05, 0) is 41.1 Å². The Bertz CT molecular complexity index is 1260. The Balaban J connectivity index is 1.42. The molecule has 1 heterocycles. The highest BCUT2D eigenvalue weighted by molar-refractivity contribution is 6.31. The summed E-state index contributed by atoms with van der Waals surface area (Å²) < 4.78 is 30.3. The van der Waals surface area contributed by atoms with Gasteiger partial charge in [0.15, 0.2) is 11.5 Å². The summed E-state index contributed by atoms with van der Waals surface area (Å²) in [5.41, 5.74) is 2.67. The maximum absolute atomic E-state index is 13.3. The summed E-state index contributed by atoms with van der Waals surface area (Å²) in [4.78, 5) is 0. The molecule has 0 atom stereocenters. The van der Waals surface area contributed by atoms with Crippen LogP contribution < -0.4 is 19.5 Å². The number of hydrogen-bond donors (Lipinski definition) is 1. The summed E-state index contributed by atoms with van der Waals surface area (Å²) in [6, 6.07) is 22.2. The van der Waals surface area contributed by atoms with Crippen LogP contribution in [0.1, 0.15) is 11.1 Å². The van der Waals surface area contributed by atoms with Gasteiger partial charge in [0.1, 0.15) is 18.2 Å². The smallest absolute Gasteiger partial charge is 0.231 e. The van der Waals surface area contributed by atoms with E-state index in [1.807, 2.05) is 42.5 Å². The van der Waals surface area contributed by atoms with Crippen molar-refractivity contribution in [1.29, 1.82) is 0 Å². The summed E-state index contributed by atoms with van der Waals surface area (Å²) >= 11 is 6.16. The maximum atomic E-state index is 13.3. The number of anilines is 1. The number of rotatable bonds is 6. The Morgan fingerprint density at radius 2 is 1.81 bits per heavy atom. The molecular formula is C25H19ClFNO3. The van der Waals surface area contributed by atoms with Crippen LogP contribution in [0.15, 0.2) is 72.8 Å². The Labute approximate surface area is 184 Å². The summed E-state index contributed by atoms with van der Waals surface area (Å²) in [5.74, 6) is 1.85. The second kappa shape index (κ2) is 8.36. The van der Waals surface area contributed by atoms with E-state index in [1.54, 1.807) is 6.07 Å². The van der Waals surface area contributed by atoms with Crippen LogP contribution in [0, 0.1) is 5.82 Å². The molecule has 0 amide bonds. The highest BCUT2D eigenvalue weighted by Crippen LogP contribution is 2.35. The molecule has 1 N–H and O–H groups in total. The van der Waals surface area contributed by atoms with Crippen molar-refractivity contribution in [3.8, 4) is 17.2 Å². The molecule has 4 nitrogen and oxygen atoms in total. The summed E-state index contributed by atoms with van der Waals surface area (Å²) in [6.07, 6.45) is 0. The summed E-state index contributed by atoms with van der Waals surface area (Å²) in [6.45, 7) is 1.04. The lowest BCUT2D eigenvalue weighted by Crippen LogP contribution is -2.05. The fourth-order valence-corrected chi connectivity index (χ4v) is 3.85. The van der Waals surface area contributed by atoms with Crippen LogP contribution >= 0.6 is 11.6 Å². The van der Waals surface area contributed by atoms with E-state index < -0.39 is 0 Å². The molecule has 156 valence electrons. The van der Waals surface area contributed by atoms with E-state index in [9.17, 15) is 4.39 Å². The molecule has 0 aromatic heterocycles. The van der Waals surface area contributed by atoms with E-state index in [1.165, 1.54) is 12.1 Å². The molecule has 1 aliphatic heterocycles. The van der Waals surface area contributed by atoms with Gasteiger partial charge in [0.25, 0.3) is 0 Å². The van der Waals surface area contributed by atoms with E-state index in [2.05, 4.69) is 17.4 Å². The Hall–Kier alpha value is -3.44. The van der Waals surface area contributed by atoms with Gasteiger partial charge in [-0.25, -0.2) is 4.39 Å². The molecule has 4 aromatic rings. The van der Waals surface area contributed by atoms with Crippen molar-refractivity contribution < 1.29 is 18.6 Å². The van der Waals surface area contributed by atoms with Gasteiger partial charge in [-0.15, -0.1) is 0 Å². The lowest BCUT2D eigenvalue weighted by Gasteiger charge is -2.16. The van der Waals surface area contributed by atoms with Gasteiger partial charge in [-0.3, -0.25) is 0 Å². The third-order valence-electron chi connectivity index (χ3n) is 5.24. The SMILES string of the molecule is Fc1ccc(COc2ccc3ccccc3c2CNc2ccc3c(c2)OCO3)c(Cl)c1. The zero-order valence-corrected chi connectivity index (χ0v) is 17.3. The van der Waals surface area contributed by atoms with E-state index in [4.69, 9.17) is 25.8 Å². The minimum Gasteiger partial charge on any atom is -0.488 e. The van der Waals surface area contributed by atoms with E-state index in [0.29, 0.717) is 11.6 Å². The minimum absolute atomic E-state index is 0.242. The van der Waals surface area contributed by atoms with E-state index in [-0.39, 0.29) is 19.2 Å². The number of fused-ring (bicyclic) bond motifs is 2. The van der Waals surface area contributed by atoms with Crippen LogP contribution in [0.3, 0.4) is 0 Å². The molecule has 6 heteroatoms. The zero-order valence-electron chi connectivity index (χ0n) is 16.5. The maximum Gasteiger partial charge on any atom is 0.231 e. The van der Waals surface area contributed by atoms with Gasteiger partial charge < -0.3 is 19.5 Å². The van der Waals surface area contributed by atoms with Crippen LogP contribution in [-0.4, -0.2) is 6.79 Å². The normalized spacial score (nSPS) is 12.2.